The summed E-state index contributed by atoms with van der Waals surface area (Å²) in [5.74, 6) is -0.832. The average molecular weight is 224 g/mol. The Morgan fingerprint density at radius 2 is 2.19 bits per heavy atom. The first-order valence-electron chi connectivity index (χ1n) is 4.11. The van der Waals surface area contributed by atoms with Gasteiger partial charge in [-0.25, -0.2) is 4.39 Å². The molecular formula is C8H5FN4O3. The van der Waals surface area contributed by atoms with Gasteiger partial charge in [-0.1, -0.05) is 5.10 Å². The molecule has 0 saturated carbocycles. The fourth-order valence-corrected chi connectivity index (χ4v) is 1.18. The van der Waals surface area contributed by atoms with Gasteiger partial charge in [0.15, 0.2) is 0 Å². The molecule has 0 atom stereocenters. The van der Waals surface area contributed by atoms with E-state index < -0.39 is 10.7 Å². The third-order valence-electron chi connectivity index (χ3n) is 1.83. The maximum Gasteiger partial charge on any atom is 0.313 e. The van der Waals surface area contributed by atoms with Crippen molar-refractivity contribution in [3.63, 3.8) is 0 Å². The summed E-state index contributed by atoms with van der Waals surface area (Å²) in [7, 11) is 0. The standard InChI is InChI=1S/C8H5FN4O3/c9-4-1-2-6(13(14)15)5(3-4)7-11-12-8(10)16-7/h1-3H,(H2,10,12). The monoisotopic (exact) mass is 224 g/mol. The molecule has 1 aromatic heterocycles. The second-order valence-corrected chi connectivity index (χ2v) is 2.86. The van der Waals surface area contributed by atoms with Crippen LogP contribution in [-0.2, 0) is 0 Å². The highest BCUT2D eigenvalue weighted by Crippen LogP contribution is 2.29. The van der Waals surface area contributed by atoms with Gasteiger partial charge in [0.2, 0.25) is 0 Å². The second kappa shape index (κ2) is 3.57. The Morgan fingerprint density at radius 1 is 1.44 bits per heavy atom. The van der Waals surface area contributed by atoms with Crippen LogP contribution in [0.2, 0.25) is 0 Å². The van der Waals surface area contributed by atoms with Crippen LogP contribution in [0.3, 0.4) is 0 Å². The Hall–Kier alpha value is -2.51. The number of nitrogens with two attached hydrogens (primary N) is 1. The topological polar surface area (TPSA) is 108 Å². The van der Waals surface area contributed by atoms with E-state index in [0.29, 0.717) is 0 Å². The van der Waals surface area contributed by atoms with E-state index >= 15 is 0 Å². The van der Waals surface area contributed by atoms with Gasteiger partial charge in [-0.3, -0.25) is 10.1 Å². The molecule has 16 heavy (non-hydrogen) atoms. The summed E-state index contributed by atoms with van der Waals surface area (Å²) in [6.07, 6.45) is 0. The summed E-state index contributed by atoms with van der Waals surface area (Å²) in [6, 6.07) is 2.69. The molecule has 82 valence electrons. The second-order valence-electron chi connectivity index (χ2n) is 2.86. The van der Waals surface area contributed by atoms with Gasteiger partial charge >= 0.3 is 6.01 Å². The van der Waals surface area contributed by atoms with Gasteiger partial charge in [-0.05, 0) is 12.1 Å². The fraction of sp³-hybridized carbons (Fsp3) is 0. The van der Waals surface area contributed by atoms with Crippen molar-refractivity contribution < 1.29 is 13.7 Å². The van der Waals surface area contributed by atoms with Gasteiger partial charge in [0.25, 0.3) is 11.6 Å². The predicted molar refractivity (Wildman–Crippen MR) is 50.8 cm³/mol. The first-order chi connectivity index (χ1) is 7.58. The van der Waals surface area contributed by atoms with E-state index in [2.05, 4.69) is 10.2 Å². The first kappa shape index (κ1) is 10.0. The largest absolute Gasteiger partial charge is 0.403 e. The van der Waals surface area contributed by atoms with Gasteiger partial charge in [0, 0.05) is 6.07 Å². The van der Waals surface area contributed by atoms with E-state index in [1.165, 1.54) is 0 Å². The van der Waals surface area contributed by atoms with E-state index in [1.807, 2.05) is 0 Å². The van der Waals surface area contributed by atoms with Gasteiger partial charge < -0.3 is 10.2 Å². The number of aromatic nitrogens is 2. The number of rotatable bonds is 2. The molecule has 0 aliphatic rings. The Kier molecular flexibility index (Phi) is 2.24. The summed E-state index contributed by atoms with van der Waals surface area (Å²) in [5, 5.41) is 17.5. The molecule has 0 unspecified atom stereocenters. The highest BCUT2D eigenvalue weighted by atomic mass is 19.1. The lowest BCUT2D eigenvalue weighted by Crippen LogP contribution is -1.93. The minimum atomic E-state index is -0.671. The summed E-state index contributed by atoms with van der Waals surface area (Å²) in [5.41, 5.74) is 4.75. The summed E-state index contributed by atoms with van der Waals surface area (Å²) in [4.78, 5) is 10.0. The lowest BCUT2D eigenvalue weighted by molar-refractivity contribution is -0.384. The van der Waals surface area contributed by atoms with Crippen molar-refractivity contribution in [1.29, 1.82) is 0 Å². The number of benzene rings is 1. The van der Waals surface area contributed by atoms with Crippen LogP contribution in [0.5, 0.6) is 0 Å². The van der Waals surface area contributed by atoms with Crippen molar-refractivity contribution in [2.75, 3.05) is 5.73 Å². The average Bonchev–Trinajstić information content (AvgIpc) is 2.64. The normalized spacial score (nSPS) is 10.3. The Labute approximate surface area is 87.8 Å². The van der Waals surface area contributed by atoms with E-state index in [0.717, 1.165) is 18.2 Å². The number of hydrogen-bond donors (Lipinski definition) is 1. The molecule has 2 N–H and O–H groups in total. The van der Waals surface area contributed by atoms with Gasteiger partial charge in [0.05, 0.1) is 4.92 Å². The van der Waals surface area contributed by atoms with Crippen molar-refractivity contribution >= 4 is 11.7 Å². The summed E-state index contributed by atoms with van der Waals surface area (Å²) >= 11 is 0. The smallest absolute Gasteiger partial charge is 0.313 e. The molecule has 0 aliphatic heterocycles. The molecule has 0 fully saturated rings. The van der Waals surface area contributed by atoms with Crippen LogP contribution in [0.25, 0.3) is 11.5 Å². The number of hydrogen-bond acceptors (Lipinski definition) is 6. The maximum absolute atomic E-state index is 13.0. The van der Waals surface area contributed by atoms with E-state index in [4.69, 9.17) is 10.2 Å². The minimum Gasteiger partial charge on any atom is -0.403 e. The molecule has 8 heteroatoms. The highest BCUT2D eigenvalue weighted by Gasteiger charge is 2.20. The molecular weight excluding hydrogens is 219 g/mol. The third kappa shape index (κ3) is 1.67. The van der Waals surface area contributed by atoms with Crippen LogP contribution in [0.15, 0.2) is 22.6 Å². The lowest BCUT2D eigenvalue weighted by Gasteiger charge is -1.97. The van der Waals surface area contributed by atoms with E-state index in [1.54, 1.807) is 0 Å². The van der Waals surface area contributed by atoms with Crippen LogP contribution >= 0.6 is 0 Å². The molecule has 2 rings (SSSR count). The fourth-order valence-electron chi connectivity index (χ4n) is 1.18. The molecule has 0 spiro atoms. The molecule has 1 heterocycles. The number of nitrogens with zero attached hydrogens (tertiary/aromatic N) is 3. The van der Waals surface area contributed by atoms with Gasteiger partial charge in [-0.2, -0.15) is 0 Å². The van der Waals surface area contributed by atoms with Gasteiger partial charge in [0.1, 0.15) is 11.4 Å². The van der Waals surface area contributed by atoms with E-state index in [-0.39, 0.29) is 23.2 Å². The number of nitrogen functional groups attached to an aromatic ring is 1. The van der Waals surface area contributed by atoms with Crippen LogP contribution in [0, 0.1) is 15.9 Å². The first-order valence-corrected chi connectivity index (χ1v) is 4.11. The van der Waals surface area contributed by atoms with Crippen molar-refractivity contribution in [2.45, 2.75) is 0 Å². The van der Waals surface area contributed by atoms with Crippen LogP contribution in [0.4, 0.5) is 16.1 Å². The van der Waals surface area contributed by atoms with Gasteiger partial charge in [-0.15, -0.1) is 5.10 Å². The van der Waals surface area contributed by atoms with Crippen LogP contribution in [0.1, 0.15) is 0 Å². The molecule has 1 aromatic carbocycles. The zero-order valence-electron chi connectivity index (χ0n) is 7.75. The molecule has 0 saturated heterocycles. The zero-order valence-corrected chi connectivity index (χ0v) is 7.75. The molecule has 0 radical (unpaired) electrons. The third-order valence-corrected chi connectivity index (χ3v) is 1.83. The molecule has 0 aliphatic carbocycles. The zero-order chi connectivity index (χ0) is 11.7. The summed E-state index contributed by atoms with van der Waals surface area (Å²) in [6.45, 7) is 0. The van der Waals surface area contributed by atoms with Crippen LogP contribution in [-0.4, -0.2) is 15.1 Å². The highest BCUT2D eigenvalue weighted by molar-refractivity contribution is 5.66. The van der Waals surface area contributed by atoms with Crippen molar-refractivity contribution in [3.05, 3.63) is 34.1 Å². The molecule has 7 nitrogen and oxygen atoms in total. The quantitative estimate of drug-likeness (QED) is 0.609. The Balaban J connectivity index is 2.62. The van der Waals surface area contributed by atoms with Crippen molar-refractivity contribution in [2.24, 2.45) is 0 Å². The lowest BCUT2D eigenvalue weighted by atomic mass is 10.2. The molecule has 0 amide bonds. The summed E-state index contributed by atoms with van der Waals surface area (Å²) < 4.78 is 17.8. The predicted octanol–water partition coefficient (Wildman–Crippen LogP) is 1.37. The van der Waals surface area contributed by atoms with Crippen LogP contribution < -0.4 is 5.73 Å². The van der Waals surface area contributed by atoms with Crippen molar-refractivity contribution in [3.8, 4) is 11.5 Å². The SMILES string of the molecule is Nc1nnc(-c2cc(F)ccc2[N+](=O)[O-])o1. The molecule has 2 aromatic rings. The maximum atomic E-state index is 13.0. The number of nitro benzene ring substituents is 1. The Bertz CT molecular complexity index is 554. The number of nitro groups is 1. The minimum absolute atomic E-state index is 0.103. The molecule has 0 bridgehead atoms. The van der Waals surface area contributed by atoms with Crippen molar-refractivity contribution in [1.82, 2.24) is 10.2 Å². The van der Waals surface area contributed by atoms with E-state index in [9.17, 15) is 14.5 Å². The Morgan fingerprint density at radius 3 is 2.75 bits per heavy atom. The number of anilines is 1. The number of halogens is 1.